The molecule has 4 amide bonds. The molecule has 2 aliphatic heterocycles. The smallest absolute Gasteiger partial charge is 0.260 e. The molecule has 4 aliphatic rings. The number of hydrazine groups is 1. The number of nitrogens with zero attached hydrogens (tertiary/aromatic N) is 2. The maximum Gasteiger partial charge on any atom is 0.260 e. The molecule has 2 aliphatic carbocycles. The van der Waals surface area contributed by atoms with Crippen molar-refractivity contribution in [3.63, 3.8) is 0 Å². The number of phenols is 1. The van der Waals surface area contributed by atoms with Crippen LogP contribution in [-0.2, 0) is 24.6 Å². The Morgan fingerprint density at radius 1 is 0.902 bits per heavy atom. The number of amides is 4. The van der Waals surface area contributed by atoms with Crippen LogP contribution in [0.1, 0.15) is 29.9 Å². The molecule has 8 rings (SSSR count). The van der Waals surface area contributed by atoms with E-state index in [0.29, 0.717) is 27.5 Å². The summed E-state index contributed by atoms with van der Waals surface area (Å²) in [6.45, 7) is 0. The highest BCUT2D eigenvalue weighted by Gasteiger charge is 2.71. The first-order valence-electron chi connectivity index (χ1n) is 16.4. The van der Waals surface area contributed by atoms with E-state index < -0.39 is 52.6 Å². The molecule has 6 unspecified atom stereocenters. The highest BCUT2D eigenvalue weighted by atomic mass is 127. The van der Waals surface area contributed by atoms with Gasteiger partial charge in [0.1, 0.15) is 17.3 Å². The summed E-state index contributed by atoms with van der Waals surface area (Å²) in [5.41, 5.74) is 3.46. The van der Waals surface area contributed by atoms with Crippen LogP contribution in [0.4, 0.5) is 15.8 Å². The van der Waals surface area contributed by atoms with E-state index >= 15 is 4.79 Å². The van der Waals surface area contributed by atoms with Crippen LogP contribution in [0.2, 0.25) is 5.02 Å². The number of nitrogens with one attached hydrogen (secondary N) is 1. The Balaban J connectivity index is 1.35. The third kappa shape index (κ3) is 4.99. The third-order valence-corrected chi connectivity index (χ3v) is 11.9. The standard InChI is InChI=1S/C39H30ClFIN3O6/c1-51-31-4-2-3-30(46)33(31)34-26-17-18-27-32(37(49)44(35(27)47)25-15-11-23(42)12-16-25)28(26)19-29-36(48)45(43-24-13-9-22(41)10-14-24)38(50)39(29,34)20-5-7-21(40)8-6-20/h2-17,27-29,32,34,43,46H,18-19H2,1H3. The molecule has 0 aromatic heterocycles. The fourth-order valence-electron chi connectivity index (χ4n) is 8.81. The van der Waals surface area contributed by atoms with Crippen LogP contribution in [-0.4, -0.2) is 40.9 Å². The van der Waals surface area contributed by atoms with Crippen LogP contribution in [0, 0.1) is 33.1 Å². The van der Waals surface area contributed by atoms with E-state index in [1.54, 1.807) is 48.5 Å². The number of rotatable bonds is 6. The summed E-state index contributed by atoms with van der Waals surface area (Å²) in [5.74, 6) is -6.43. The summed E-state index contributed by atoms with van der Waals surface area (Å²) < 4.78 is 20.6. The van der Waals surface area contributed by atoms with Gasteiger partial charge in [-0.15, -0.1) is 0 Å². The molecule has 51 heavy (non-hydrogen) atoms. The second kappa shape index (κ2) is 12.5. The number of hydrogen-bond acceptors (Lipinski definition) is 7. The Morgan fingerprint density at radius 3 is 2.29 bits per heavy atom. The van der Waals surface area contributed by atoms with E-state index in [4.69, 9.17) is 16.3 Å². The summed E-state index contributed by atoms with van der Waals surface area (Å²) in [4.78, 5) is 59.7. The van der Waals surface area contributed by atoms with Gasteiger partial charge in [-0.25, -0.2) is 4.39 Å². The Bertz CT molecular complexity index is 2140. The molecule has 6 atom stereocenters. The van der Waals surface area contributed by atoms with Gasteiger partial charge in [0.15, 0.2) is 0 Å². The summed E-state index contributed by atoms with van der Waals surface area (Å²) in [6.07, 6.45) is 2.19. The number of aromatic hydroxyl groups is 1. The summed E-state index contributed by atoms with van der Waals surface area (Å²) in [5, 5.41) is 13.0. The fraction of sp³-hybridized carbons (Fsp3) is 0.231. The topological polar surface area (TPSA) is 116 Å². The van der Waals surface area contributed by atoms with E-state index in [1.165, 1.54) is 42.3 Å². The molecule has 0 bridgehead atoms. The third-order valence-electron chi connectivity index (χ3n) is 10.9. The summed E-state index contributed by atoms with van der Waals surface area (Å²) >= 11 is 8.51. The molecular formula is C39H30ClFIN3O6. The molecular weight excluding hydrogens is 788 g/mol. The second-order valence-corrected chi connectivity index (χ2v) is 14.9. The van der Waals surface area contributed by atoms with Crippen molar-refractivity contribution in [2.24, 2.45) is 23.7 Å². The minimum atomic E-state index is -1.66. The van der Waals surface area contributed by atoms with Gasteiger partial charge in [-0.05, 0) is 120 Å². The second-order valence-electron chi connectivity index (χ2n) is 13.3. The Labute approximate surface area is 311 Å². The number of hydrogen-bond donors (Lipinski definition) is 2. The van der Waals surface area contributed by atoms with Gasteiger partial charge < -0.3 is 9.84 Å². The first-order chi connectivity index (χ1) is 24.6. The number of methoxy groups -OCH3 is 1. The van der Waals surface area contributed by atoms with Crippen LogP contribution >= 0.6 is 34.2 Å². The number of phenolic OH excluding ortho intramolecular Hbond substituents is 1. The molecule has 4 aromatic carbocycles. The van der Waals surface area contributed by atoms with Gasteiger partial charge in [-0.1, -0.05) is 41.4 Å². The highest BCUT2D eigenvalue weighted by molar-refractivity contribution is 14.1. The maximum atomic E-state index is 15.3. The number of fused-ring (bicyclic) bond motifs is 4. The molecule has 258 valence electrons. The molecule has 4 aromatic rings. The Morgan fingerprint density at radius 2 is 1.61 bits per heavy atom. The summed E-state index contributed by atoms with van der Waals surface area (Å²) in [7, 11) is 1.46. The molecule has 2 heterocycles. The number of halogens is 3. The van der Waals surface area contributed by atoms with Crippen molar-refractivity contribution in [3.05, 3.63) is 128 Å². The van der Waals surface area contributed by atoms with Crippen molar-refractivity contribution in [1.29, 1.82) is 0 Å². The monoisotopic (exact) mass is 817 g/mol. The number of benzene rings is 4. The van der Waals surface area contributed by atoms with Crippen molar-refractivity contribution in [2.75, 3.05) is 17.4 Å². The van der Waals surface area contributed by atoms with Crippen molar-refractivity contribution < 1.29 is 33.4 Å². The van der Waals surface area contributed by atoms with E-state index in [-0.39, 0.29) is 41.7 Å². The van der Waals surface area contributed by atoms with E-state index in [9.17, 15) is 23.9 Å². The number of allylic oxidation sites excluding steroid dienone is 2. The van der Waals surface area contributed by atoms with E-state index in [1.807, 2.05) is 18.2 Å². The zero-order chi connectivity index (χ0) is 35.8. The molecule has 12 heteroatoms. The number of anilines is 2. The van der Waals surface area contributed by atoms with Crippen molar-refractivity contribution in [1.82, 2.24) is 5.01 Å². The zero-order valence-corrected chi connectivity index (χ0v) is 30.0. The first kappa shape index (κ1) is 33.4. The predicted octanol–water partition coefficient (Wildman–Crippen LogP) is 6.99. The number of carbonyl (C=O) groups is 4. The van der Waals surface area contributed by atoms with Gasteiger partial charge in [-0.2, -0.15) is 5.01 Å². The van der Waals surface area contributed by atoms with E-state index in [2.05, 4.69) is 28.0 Å². The SMILES string of the molecule is COc1cccc(O)c1C1C2=CCC3C(=O)N(c4ccc(I)cc4)C(=O)C3C2CC2C(=O)N(Nc3ccc(F)cc3)C(=O)C21c1ccc(Cl)cc1. The number of imide groups is 2. The lowest BCUT2D eigenvalue weighted by Crippen LogP contribution is -2.53. The molecule has 9 nitrogen and oxygen atoms in total. The minimum absolute atomic E-state index is 0.0633. The number of carbonyl (C=O) groups excluding carboxylic acids is 4. The lowest BCUT2D eigenvalue weighted by atomic mass is 9.49. The van der Waals surface area contributed by atoms with Gasteiger partial charge in [-0.3, -0.25) is 29.5 Å². The normalized spacial score (nSPS) is 26.8. The van der Waals surface area contributed by atoms with Crippen LogP contribution in [0.3, 0.4) is 0 Å². The fourth-order valence-corrected chi connectivity index (χ4v) is 9.30. The molecule has 0 radical (unpaired) electrons. The Kier molecular flexibility index (Phi) is 8.17. The average molecular weight is 818 g/mol. The largest absolute Gasteiger partial charge is 0.508 e. The molecule has 3 fully saturated rings. The van der Waals surface area contributed by atoms with E-state index in [0.717, 1.165) is 8.58 Å². The lowest BCUT2D eigenvalue weighted by molar-refractivity contribution is -0.138. The van der Waals surface area contributed by atoms with Crippen molar-refractivity contribution >= 4 is 69.2 Å². The summed E-state index contributed by atoms with van der Waals surface area (Å²) in [6, 6.07) is 23.9. The first-order valence-corrected chi connectivity index (χ1v) is 17.9. The predicted molar refractivity (Wildman–Crippen MR) is 195 cm³/mol. The van der Waals surface area contributed by atoms with Crippen molar-refractivity contribution in [3.8, 4) is 11.5 Å². The van der Waals surface area contributed by atoms with Crippen LogP contribution in [0.25, 0.3) is 0 Å². The molecule has 1 saturated carbocycles. The van der Waals surface area contributed by atoms with Gasteiger partial charge in [0.05, 0.1) is 41.7 Å². The van der Waals surface area contributed by atoms with Crippen LogP contribution in [0.5, 0.6) is 11.5 Å². The van der Waals surface area contributed by atoms with Gasteiger partial charge >= 0.3 is 0 Å². The number of ether oxygens (including phenoxy) is 1. The molecule has 2 saturated heterocycles. The average Bonchev–Trinajstić information content (AvgIpc) is 3.50. The molecule has 2 N–H and O–H groups in total. The van der Waals surface area contributed by atoms with Gasteiger partial charge in [0.25, 0.3) is 11.8 Å². The quantitative estimate of drug-likeness (QED) is 0.123. The molecule has 0 spiro atoms. The zero-order valence-electron chi connectivity index (χ0n) is 27.1. The minimum Gasteiger partial charge on any atom is -0.508 e. The Hall–Kier alpha value is -4.75. The van der Waals surface area contributed by atoms with Crippen molar-refractivity contribution in [2.45, 2.75) is 24.2 Å². The maximum absolute atomic E-state index is 15.3. The van der Waals surface area contributed by atoms with Crippen LogP contribution < -0.4 is 15.1 Å². The lowest BCUT2D eigenvalue weighted by Gasteiger charge is -2.50. The van der Waals surface area contributed by atoms with Gasteiger partial charge in [0.2, 0.25) is 11.8 Å². The highest BCUT2D eigenvalue weighted by Crippen LogP contribution is 2.66. The van der Waals surface area contributed by atoms with Gasteiger partial charge in [0, 0.05) is 20.1 Å². The van der Waals surface area contributed by atoms with Crippen LogP contribution in [0.15, 0.2) is 103 Å².